The molecule has 0 atom stereocenters. The SMILES string of the molecule is CC(C)c1csc(NC(=O)CNC(=O)c2cccc(S(=O)(=O)N(C)C)c2)n1. The van der Waals surface area contributed by atoms with Crippen molar-refractivity contribution in [3.8, 4) is 0 Å². The minimum Gasteiger partial charge on any atom is -0.343 e. The van der Waals surface area contributed by atoms with Crippen LogP contribution in [0.15, 0.2) is 34.5 Å². The summed E-state index contributed by atoms with van der Waals surface area (Å²) >= 11 is 1.32. The minimum absolute atomic E-state index is 0.00796. The molecule has 0 radical (unpaired) electrons. The fraction of sp³-hybridized carbons (Fsp3) is 0.353. The zero-order valence-electron chi connectivity index (χ0n) is 15.5. The van der Waals surface area contributed by atoms with Gasteiger partial charge in [-0.05, 0) is 24.1 Å². The zero-order chi connectivity index (χ0) is 20.2. The summed E-state index contributed by atoms with van der Waals surface area (Å²) in [6.07, 6.45) is 0. The first-order valence-electron chi connectivity index (χ1n) is 8.17. The lowest BCUT2D eigenvalue weighted by Gasteiger charge is -2.12. The van der Waals surface area contributed by atoms with Crippen molar-refractivity contribution in [1.82, 2.24) is 14.6 Å². The highest BCUT2D eigenvalue weighted by Gasteiger charge is 2.19. The van der Waals surface area contributed by atoms with Crippen molar-refractivity contribution in [2.45, 2.75) is 24.7 Å². The molecular formula is C17H22N4O4S2. The van der Waals surface area contributed by atoms with Crippen molar-refractivity contribution in [2.75, 3.05) is 26.0 Å². The number of amides is 2. The van der Waals surface area contributed by atoms with E-state index in [9.17, 15) is 18.0 Å². The van der Waals surface area contributed by atoms with Crippen LogP contribution in [0.4, 0.5) is 5.13 Å². The molecule has 0 unspecified atom stereocenters. The predicted octanol–water partition coefficient (Wildman–Crippen LogP) is 1.89. The molecule has 146 valence electrons. The van der Waals surface area contributed by atoms with Gasteiger partial charge in [-0.2, -0.15) is 0 Å². The number of nitrogens with one attached hydrogen (secondary N) is 2. The molecular weight excluding hydrogens is 388 g/mol. The first kappa shape index (κ1) is 21.0. The van der Waals surface area contributed by atoms with Gasteiger partial charge in [-0.25, -0.2) is 17.7 Å². The predicted molar refractivity (Wildman–Crippen MR) is 104 cm³/mol. The summed E-state index contributed by atoms with van der Waals surface area (Å²) in [5.41, 5.74) is 1.04. The van der Waals surface area contributed by atoms with Crippen LogP contribution in [0.25, 0.3) is 0 Å². The van der Waals surface area contributed by atoms with Gasteiger partial charge in [0.25, 0.3) is 5.91 Å². The summed E-state index contributed by atoms with van der Waals surface area (Å²) in [4.78, 5) is 28.5. The first-order chi connectivity index (χ1) is 12.6. The van der Waals surface area contributed by atoms with E-state index in [1.165, 1.54) is 49.7 Å². The van der Waals surface area contributed by atoms with E-state index in [1.54, 1.807) is 0 Å². The summed E-state index contributed by atoms with van der Waals surface area (Å²) in [6.45, 7) is 3.76. The molecule has 27 heavy (non-hydrogen) atoms. The van der Waals surface area contributed by atoms with Gasteiger partial charge in [0, 0.05) is 25.0 Å². The lowest BCUT2D eigenvalue weighted by atomic mass is 10.2. The van der Waals surface area contributed by atoms with Crippen molar-refractivity contribution in [1.29, 1.82) is 0 Å². The van der Waals surface area contributed by atoms with Crippen molar-refractivity contribution in [2.24, 2.45) is 0 Å². The van der Waals surface area contributed by atoms with Gasteiger partial charge in [0.15, 0.2) is 5.13 Å². The van der Waals surface area contributed by atoms with E-state index in [1.807, 2.05) is 19.2 Å². The second-order valence-electron chi connectivity index (χ2n) is 6.28. The van der Waals surface area contributed by atoms with Gasteiger partial charge in [0.2, 0.25) is 15.9 Å². The number of thiazole rings is 1. The maximum Gasteiger partial charge on any atom is 0.251 e. The fourth-order valence-corrected chi connectivity index (χ4v) is 3.88. The van der Waals surface area contributed by atoms with Crippen LogP contribution in [0.2, 0.25) is 0 Å². The molecule has 0 aliphatic rings. The molecule has 0 aliphatic carbocycles. The number of benzene rings is 1. The van der Waals surface area contributed by atoms with Crippen molar-refractivity contribution in [3.63, 3.8) is 0 Å². The Labute approximate surface area is 162 Å². The summed E-state index contributed by atoms with van der Waals surface area (Å²) in [5.74, 6) is -0.689. The van der Waals surface area contributed by atoms with E-state index in [4.69, 9.17) is 0 Å². The van der Waals surface area contributed by atoms with Crippen LogP contribution in [0.3, 0.4) is 0 Å². The van der Waals surface area contributed by atoms with Crippen LogP contribution in [0.5, 0.6) is 0 Å². The number of hydrogen-bond acceptors (Lipinski definition) is 6. The van der Waals surface area contributed by atoms with Gasteiger partial charge >= 0.3 is 0 Å². The van der Waals surface area contributed by atoms with Crippen LogP contribution in [-0.2, 0) is 14.8 Å². The largest absolute Gasteiger partial charge is 0.343 e. The third-order valence-corrected chi connectivity index (χ3v) is 6.23. The fourth-order valence-electron chi connectivity index (χ4n) is 2.04. The van der Waals surface area contributed by atoms with E-state index in [-0.39, 0.29) is 22.9 Å². The Morgan fingerprint density at radius 1 is 1.26 bits per heavy atom. The Bertz CT molecular complexity index is 936. The second-order valence-corrected chi connectivity index (χ2v) is 9.29. The van der Waals surface area contributed by atoms with Crippen LogP contribution in [0.1, 0.15) is 35.8 Å². The first-order valence-corrected chi connectivity index (χ1v) is 10.5. The standard InChI is InChI=1S/C17H22N4O4S2/c1-11(2)14-10-26-17(19-14)20-15(22)9-18-16(23)12-6-5-7-13(8-12)27(24,25)21(3)4/h5-8,10-11H,9H2,1-4H3,(H,18,23)(H,19,20,22). The summed E-state index contributed by atoms with van der Waals surface area (Å²) < 4.78 is 25.4. The van der Waals surface area contributed by atoms with Crippen LogP contribution >= 0.6 is 11.3 Å². The average Bonchev–Trinajstić information content (AvgIpc) is 3.08. The molecule has 0 bridgehead atoms. The molecule has 0 spiro atoms. The summed E-state index contributed by atoms with van der Waals surface area (Å²) in [6, 6.07) is 5.65. The van der Waals surface area contributed by atoms with Gasteiger partial charge in [-0.3, -0.25) is 9.59 Å². The topological polar surface area (TPSA) is 108 Å². The number of carbonyl (C=O) groups is 2. The molecule has 2 amide bonds. The maximum absolute atomic E-state index is 12.2. The van der Waals surface area contributed by atoms with Crippen LogP contribution in [0, 0.1) is 0 Å². The van der Waals surface area contributed by atoms with E-state index in [2.05, 4.69) is 15.6 Å². The van der Waals surface area contributed by atoms with Gasteiger partial charge < -0.3 is 10.6 Å². The molecule has 0 saturated heterocycles. The summed E-state index contributed by atoms with van der Waals surface area (Å²) in [5, 5.41) is 7.44. The van der Waals surface area contributed by atoms with Crippen LogP contribution in [-0.4, -0.2) is 50.2 Å². The third kappa shape index (κ3) is 5.34. The number of anilines is 1. The highest BCUT2D eigenvalue weighted by atomic mass is 32.2. The van der Waals surface area contributed by atoms with E-state index < -0.39 is 21.8 Å². The molecule has 1 aromatic carbocycles. The quantitative estimate of drug-likeness (QED) is 0.725. The Morgan fingerprint density at radius 2 is 1.96 bits per heavy atom. The molecule has 2 N–H and O–H groups in total. The Balaban J connectivity index is 1.98. The molecule has 0 aliphatic heterocycles. The molecule has 2 aromatic rings. The average molecular weight is 411 g/mol. The maximum atomic E-state index is 12.2. The highest BCUT2D eigenvalue weighted by molar-refractivity contribution is 7.89. The Morgan fingerprint density at radius 3 is 2.56 bits per heavy atom. The van der Waals surface area contributed by atoms with Crippen molar-refractivity contribution in [3.05, 3.63) is 40.9 Å². The number of sulfonamides is 1. The minimum atomic E-state index is -3.64. The Hall–Kier alpha value is -2.30. The smallest absolute Gasteiger partial charge is 0.251 e. The monoisotopic (exact) mass is 410 g/mol. The molecule has 0 fully saturated rings. The number of nitrogens with zero attached hydrogens (tertiary/aromatic N) is 2. The third-order valence-electron chi connectivity index (χ3n) is 3.64. The van der Waals surface area contributed by atoms with E-state index >= 15 is 0 Å². The van der Waals surface area contributed by atoms with Crippen molar-refractivity contribution >= 4 is 38.3 Å². The van der Waals surface area contributed by atoms with Crippen LogP contribution < -0.4 is 10.6 Å². The van der Waals surface area contributed by atoms with E-state index in [0.717, 1.165) is 10.00 Å². The lowest BCUT2D eigenvalue weighted by molar-refractivity contribution is -0.115. The number of aromatic nitrogens is 1. The van der Waals surface area contributed by atoms with Gasteiger partial charge in [0.1, 0.15) is 0 Å². The number of rotatable bonds is 7. The van der Waals surface area contributed by atoms with Gasteiger partial charge in [-0.1, -0.05) is 19.9 Å². The zero-order valence-corrected chi connectivity index (χ0v) is 17.1. The second kappa shape index (κ2) is 8.59. The molecule has 1 heterocycles. The highest BCUT2D eigenvalue weighted by Crippen LogP contribution is 2.21. The molecule has 8 nitrogen and oxygen atoms in total. The van der Waals surface area contributed by atoms with Gasteiger partial charge in [-0.15, -0.1) is 11.3 Å². The normalized spacial score (nSPS) is 11.6. The Kier molecular flexibility index (Phi) is 6.68. The number of carbonyl (C=O) groups excluding carboxylic acids is 2. The molecule has 10 heteroatoms. The van der Waals surface area contributed by atoms with E-state index in [0.29, 0.717) is 5.13 Å². The molecule has 2 rings (SSSR count). The summed E-state index contributed by atoms with van der Waals surface area (Å²) in [7, 11) is -0.818. The van der Waals surface area contributed by atoms with Gasteiger partial charge in [0.05, 0.1) is 17.1 Å². The molecule has 1 aromatic heterocycles. The van der Waals surface area contributed by atoms with Crippen molar-refractivity contribution < 1.29 is 18.0 Å². The number of hydrogen-bond donors (Lipinski definition) is 2. The molecule has 0 saturated carbocycles. The lowest BCUT2D eigenvalue weighted by Crippen LogP contribution is -2.33.